The SMILES string of the molecule is Cc1cc2c(c(C)c1Cl)C=C(C(=O)OCOC(=O)OCCCO[N+](=O)[O-])[C@@H](C(F)(F)F)O2. The fourth-order valence-electron chi connectivity index (χ4n) is 2.65. The van der Waals surface area contributed by atoms with Gasteiger partial charge in [0.15, 0.2) is 0 Å². The van der Waals surface area contributed by atoms with E-state index in [0.29, 0.717) is 16.1 Å². The first-order chi connectivity index (χ1) is 14.9. The van der Waals surface area contributed by atoms with Gasteiger partial charge in [0.25, 0.3) is 5.09 Å². The smallest absolute Gasteiger partial charge is 0.475 e. The predicted molar refractivity (Wildman–Crippen MR) is 100 cm³/mol. The lowest BCUT2D eigenvalue weighted by Crippen LogP contribution is -2.41. The number of carbonyl (C=O) groups is 2. The van der Waals surface area contributed by atoms with Gasteiger partial charge in [-0.05, 0) is 37.1 Å². The Bertz CT molecular complexity index is 933. The molecule has 32 heavy (non-hydrogen) atoms. The van der Waals surface area contributed by atoms with E-state index in [1.165, 1.54) is 6.07 Å². The van der Waals surface area contributed by atoms with E-state index in [9.17, 15) is 32.9 Å². The highest BCUT2D eigenvalue weighted by Crippen LogP contribution is 2.41. The van der Waals surface area contributed by atoms with Crippen LogP contribution in [0.1, 0.15) is 23.1 Å². The Morgan fingerprint density at radius 3 is 2.53 bits per heavy atom. The summed E-state index contributed by atoms with van der Waals surface area (Å²) in [6.07, 6.45) is -7.89. The number of alkyl halides is 3. The molecule has 1 aromatic carbocycles. The molecule has 0 bridgehead atoms. The van der Waals surface area contributed by atoms with Crippen LogP contribution in [-0.2, 0) is 23.8 Å². The third-order valence-corrected chi connectivity index (χ3v) is 4.71. The normalized spacial score (nSPS) is 15.1. The van der Waals surface area contributed by atoms with Crippen LogP contribution in [0.4, 0.5) is 18.0 Å². The van der Waals surface area contributed by atoms with Crippen molar-refractivity contribution in [2.45, 2.75) is 32.5 Å². The fraction of sp³-hybridized carbons (Fsp3) is 0.444. The van der Waals surface area contributed by atoms with Gasteiger partial charge in [0.2, 0.25) is 12.9 Å². The van der Waals surface area contributed by atoms with E-state index in [0.717, 1.165) is 6.08 Å². The van der Waals surface area contributed by atoms with Gasteiger partial charge in [0, 0.05) is 17.0 Å². The highest BCUT2D eigenvalue weighted by Gasteiger charge is 2.49. The van der Waals surface area contributed by atoms with Gasteiger partial charge in [-0.15, -0.1) is 10.1 Å². The van der Waals surface area contributed by atoms with Crippen LogP contribution >= 0.6 is 11.6 Å². The minimum Gasteiger partial charge on any atom is -0.475 e. The monoisotopic (exact) mass is 483 g/mol. The quantitative estimate of drug-likeness (QED) is 0.178. The van der Waals surface area contributed by atoms with Crippen LogP contribution in [0.25, 0.3) is 6.08 Å². The van der Waals surface area contributed by atoms with Gasteiger partial charge in [-0.25, -0.2) is 9.59 Å². The van der Waals surface area contributed by atoms with Crippen LogP contribution < -0.4 is 4.74 Å². The van der Waals surface area contributed by atoms with Crippen LogP contribution in [-0.4, -0.2) is 49.5 Å². The van der Waals surface area contributed by atoms with Gasteiger partial charge in [0.05, 0.1) is 18.8 Å². The first-order valence-electron chi connectivity index (χ1n) is 8.90. The third-order valence-electron chi connectivity index (χ3n) is 4.12. The summed E-state index contributed by atoms with van der Waals surface area (Å²) < 4.78 is 59.0. The average Bonchev–Trinajstić information content (AvgIpc) is 2.70. The Hall–Kier alpha value is -3.22. The molecular formula is C18H17ClF3NO9. The molecule has 0 saturated heterocycles. The lowest BCUT2D eigenvalue weighted by molar-refractivity contribution is -0.757. The summed E-state index contributed by atoms with van der Waals surface area (Å²) in [5.41, 5.74) is 0.237. The molecule has 0 unspecified atom stereocenters. The van der Waals surface area contributed by atoms with Gasteiger partial charge in [0.1, 0.15) is 5.75 Å². The molecule has 176 valence electrons. The highest BCUT2D eigenvalue weighted by molar-refractivity contribution is 6.32. The molecule has 0 aliphatic carbocycles. The summed E-state index contributed by atoms with van der Waals surface area (Å²) in [5, 5.41) is 9.23. The Kier molecular flexibility index (Phi) is 8.14. The lowest BCUT2D eigenvalue weighted by Gasteiger charge is -2.29. The van der Waals surface area contributed by atoms with Gasteiger partial charge >= 0.3 is 18.3 Å². The molecule has 0 radical (unpaired) electrons. The molecule has 1 heterocycles. The molecule has 0 N–H and O–H groups in total. The van der Waals surface area contributed by atoms with E-state index in [2.05, 4.69) is 19.0 Å². The second kappa shape index (κ2) is 10.4. The predicted octanol–water partition coefficient (Wildman–Crippen LogP) is 3.92. The Labute approximate surface area is 183 Å². The molecule has 0 saturated carbocycles. The van der Waals surface area contributed by atoms with Crippen molar-refractivity contribution in [2.75, 3.05) is 20.0 Å². The van der Waals surface area contributed by atoms with E-state index >= 15 is 0 Å². The van der Waals surface area contributed by atoms with Gasteiger partial charge in [-0.2, -0.15) is 13.2 Å². The minimum absolute atomic E-state index is 0.0197. The second-order valence-electron chi connectivity index (χ2n) is 6.39. The van der Waals surface area contributed by atoms with Crippen molar-refractivity contribution in [1.29, 1.82) is 0 Å². The Morgan fingerprint density at radius 2 is 1.91 bits per heavy atom. The Morgan fingerprint density at radius 1 is 1.22 bits per heavy atom. The van der Waals surface area contributed by atoms with Crippen LogP contribution in [0.2, 0.25) is 5.02 Å². The molecule has 1 atom stereocenters. The van der Waals surface area contributed by atoms with E-state index in [-0.39, 0.29) is 30.9 Å². The number of halogens is 4. The second-order valence-corrected chi connectivity index (χ2v) is 6.76. The first kappa shape index (κ1) is 25.0. The van der Waals surface area contributed by atoms with Crippen molar-refractivity contribution in [1.82, 2.24) is 0 Å². The largest absolute Gasteiger partial charge is 0.511 e. The van der Waals surface area contributed by atoms with Crippen molar-refractivity contribution in [3.05, 3.63) is 43.5 Å². The summed E-state index contributed by atoms with van der Waals surface area (Å²) in [6.45, 7) is 1.49. The number of benzene rings is 1. The maximum absolute atomic E-state index is 13.5. The third kappa shape index (κ3) is 6.39. The zero-order valence-corrected chi connectivity index (χ0v) is 17.4. The van der Waals surface area contributed by atoms with Crippen LogP contribution in [0, 0.1) is 24.0 Å². The molecule has 0 amide bonds. The van der Waals surface area contributed by atoms with E-state index in [4.69, 9.17) is 16.3 Å². The lowest BCUT2D eigenvalue weighted by atomic mass is 9.96. The summed E-state index contributed by atoms with van der Waals surface area (Å²) in [5.74, 6) is -1.52. The number of rotatable bonds is 8. The summed E-state index contributed by atoms with van der Waals surface area (Å²) in [4.78, 5) is 37.5. The maximum Gasteiger partial charge on any atom is 0.511 e. The number of ether oxygens (including phenoxy) is 4. The molecule has 0 aromatic heterocycles. The number of hydrogen-bond donors (Lipinski definition) is 0. The number of esters is 1. The van der Waals surface area contributed by atoms with Crippen molar-refractivity contribution < 1.29 is 51.6 Å². The van der Waals surface area contributed by atoms with Crippen molar-refractivity contribution in [3.63, 3.8) is 0 Å². The molecule has 1 aliphatic heterocycles. The van der Waals surface area contributed by atoms with Crippen molar-refractivity contribution in [3.8, 4) is 5.75 Å². The molecule has 0 fully saturated rings. The summed E-state index contributed by atoms with van der Waals surface area (Å²) >= 11 is 6.13. The minimum atomic E-state index is -4.93. The number of carbonyl (C=O) groups excluding carboxylic acids is 2. The number of aryl methyl sites for hydroxylation is 1. The van der Waals surface area contributed by atoms with Gasteiger partial charge in [-0.3, -0.25) is 0 Å². The van der Waals surface area contributed by atoms with Crippen molar-refractivity contribution >= 4 is 29.8 Å². The van der Waals surface area contributed by atoms with E-state index < -0.39 is 41.9 Å². The highest BCUT2D eigenvalue weighted by atomic mass is 35.5. The van der Waals surface area contributed by atoms with Crippen LogP contribution in [0.5, 0.6) is 5.75 Å². The topological polar surface area (TPSA) is 123 Å². The van der Waals surface area contributed by atoms with Gasteiger partial charge < -0.3 is 23.8 Å². The van der Waals surface area contributed by atoms with Crippen LogP contribution in [0.3, 0.4) is 0 Å². The molecule has 1 aromatic rings. The summed E-state index contributed by atoms with van der Waals surface area (Å²) in [7, 11) is 0. The molecule has 1 aliphatic rings. The number of fused-ring (bicyclic) bond motifs is 1. The van der Waals surface area contributed by atoms with Crippen LogP contribution in [0.15, 0.2) is 11.6 Å². The zero-order valence-electron chi connectivity index (χ0n) is 16.7. The van der Waals surface area contributed by atoms with Crippen molar-refractivity contribution in [2.24, 2.45) is 0 Å². The molecular weight excluding hydrogens is 467 g/mol. The first-order valence-corrected chi connectivity index (χ1v) is 9.28. The maximum atomic E-state index is 13.5. The number of nitrogens with zero attached hydrogens (tertiary/aromatic N) is 1. The average molecular weight is 484 g/mol. The van der Waals surface area contributed by atoms with E-state index in [1.807, 2.05) is 0 Å². The standard InChI is InChI=1S/C18H17ClF3NO9/c1-9-6-13-11(10(2)14(9)19)7-12(15(32-13)18(20,21)22)16(24)29-8-30-17(25)28-4-3-5-31-23(26)27/h6-7,15H,3-5,8H2,1-2H3/t15-/m0/s1. The van der Waals surface area contributed by atoms with Gasteiger partial charge in [-0.1, -0.05) is 11.6 Å². The van der Waals surface area contributed by atoms with E-state index in [1.54, 1.807) is 13.8 Å². The molecule has 2 rings (SSSR count). The fourth-order valence-corrected chi connectivity index (χ4v) is 2.81. The molecule has 10 nitrogen and oxygen atoms in total. The zero-order chi connectivity index (χ0) is 24.1. The number of hydrogen-bond acceptors (Lipinski definition) is 9. The summed E-state index contributed by atoms with van der Waals surface area (Å²) in [6, 6.07) is 1.33. The molecule has 0 spiro atoms. The molecule has 14 heteroatoms. The Balaban J connectivity index is 2.01.